The zero-order valence-corrected chi connectivity index (χ0v) is 14.4. The molecule has 1 aromatic rings. The Labute approximate surface area is 132 Å². The van der Waals surface area contributed by atoms with Crippen molar-refractivity contribution in [1.29, 1.82) is 0 Å². The lowest BCUT2D eigenvalue weighted by atomic mass is 10.1. The van der Waals surface area contributed by atoms with E-state index in [1.54, 1.807) is 0 Å². The van der Waals surface area contributed by atoms with Crippen LogP contribution in [0.1, 0.15) is 37.0 Å². The zero-order valence-electron chi connectivity index (χ0n) is 11.2. The van der Waals surface area contributed by atoms with Crippen LogP contribution < -0.4 is 0 Å². The molecule has 0 amide bonds. The van der Waals surface area contributed by atoms with E-state index in [1.807, 2.05) is 0 Å². The molecule has 0 aromatic heterocycles. The van der Waals surface area contributed by atoms with E-state index in [9.17, 15) is 13.2 Å². The molecule has 0 unspecified atom stereocenters. The molecule has 0 aliphatic heterocycles. The van der Waals surface area contributed by atoms with E-state index >= 15 is 0 Å². The Balaban J connectivity index is 2.76. The molecule has 1 rings (SSSR count). The molecule has 0 N–H and O–H groups in total. The van der Waals surface area contributed by atoms with Gasteiger partial charge in [-0.15, -0.1) is 0 Å². The van der Waals surface area contributed by atoms with E-state index < -0.39 is 15.0 Å². The van der Waals surface area contributed by atoms with E-state index in [2.05, 4.69) is 29.8 Å². The van der Waals surface area contributed by atoms with Crippen LogP contribution in [-0.2, 0) is 13.8 Å². The van der Waals surface area contributed by atoms with Crippen molar-refractivity contribution in [3.63, 3.8) is 0 Å². The van der Waals surface area contributed by atoms with Gasteiger partial charge in [0.05, 0.1) is 17.1 Å². The van der Waals surface area contributed by atoms with Gasteiger partial charge in [0.1, 0.15) is 0 Å². The minimum absolute atomic E-state index is 0.136. The fourth-order valence-corrected chi connectivity index (χ4v) is 3.01. The summed E-state index contributed by atoms with van der Waals surface area (Å²) in [6.07, 6.45) is 1.74. The standard InChI is InChI=1S/C13H16BrClO4S/c1-9(2)4-3-5-19-13(16)10-6-11(14)8-12(7-10)20(15,17)18/h6-9H,3-5H2,1-2H3. The molecule has 0 saturated heterocycles. The van der Waals surface area contributed by atoms with Gasteiger partial charge in [-0.25, -0.2) is 13.2 Å². The zero-order chi connectivity index (χ0) is 15.3. The van der Waals surface area contributed by atoms with Crippen LogP contribution in [0.15, 0.2) is 27.6 Å². The first-order valence-electron chi connectivity index (χ1n) is 6.12. The molecule has 0 saturated carbocycles. The summed E-state index contributed by atoms with van der Waals surface area (Å²) in [6, 6.07) is 4.03. The van der Waals surface area contributed by atoms with Gasteiger partial charge in [0.2, 0.25) is 0 Å². The van der Waals surface area contributed by atoms with Crippen LogP contribution in [0, 0.1) is 5.92 Å². The van der Waals surface area contributed by atoms with Gasteiger partial charge in [0.25, 0.3) is 9.05 Å². The fourth-order valence-electron chi connectivity index (χ4n) is 1.56. The molecular formula is C13H16BrClO4S. The average Bonchev–Trinajstić information content (AvgIpc) is 2.32. The summed E-state index contributed by atoms with van der Waals surface area (Å²) in [5.74, 6) is -0.0100. The van der Waals surface area contributed by atoms with Crippen molar-refractivity contribution in [2.24, 2.45) is 5.92 Å². The molecule has 0 atom stereocenters. The Morgan fingerprint density at radius 2 is 2.00 bits per heavy atom. The number of carbonyl (C=O) groups excluding carboxylic acids is 1. The molecule has 20 heavy (non-hydrogen) atoms. The quantitative estimate of drug-likeness (QED) is 0.424. The second-order valence-corrected chi connectivity index (χ2v) is 8.27. The van der Waals surface area contributed by atoms with E-state index in [0.717, 1.165) is 12.8 Å². The highest BCUT2D eigenvalue weighted by Gasteiger charge is 2.16. The van der Waals surface area contributed by atoms with Crippen LogP contribution in [0.25, 0.3) is 0 Å². The SMILES string of the molecule is CC(C)CCCOC(=O)c1cc(Br)cc(S(=O)(=O)Cl)c1. The lowest BCUT2D eigenvalue weighted by Crippen LogP contribution is -2.08. The van der Waals surface area contributed by atoms with Gasteiger partial charge >= 0.3 is 5.97 Å². The smallest absolute Gasteiger partial charge is 0.338 e. The molecule has 7 heteroatoms. The fraction of sp³-hybridized carbons (Fsp3) is 0.462. The lowest BCUT2D eigenvalue weighted by molar-refractivity contribution is 0.0494. The van der Waals surface area contributed by atoms with Gasteiger partial charge in [0, 0.05) is 15.2 Å². The van der Waals surface area contributed by atoms with Crippen molar-refractivity contribution < 1.29 is 17.9 Å². The first-order chi connectivity index (χ1) is 9.20. The summed E-state index contributed by atoms with van der Waals surface area (Å²) in [7, 11) is 1.38. The van der Waals surface area contributed by atoms with Crippen molar-refractivity contribution in [2.45, 2.75) is 31.6 Å². The van der Waals surface area contributed by atoms with Crippen LogP contribution in [0.2, 0.25) is 0 Å². The second kappa shape index (κ2) is 7.43. The highest BCUT2D eigenvalue weighted by atomic mass is 79.9. The lowest BCUT2D eigenvalue weighted by Gasteiger charge is -2.07. The number of ether oxygens (including phenoxy) is 1. The third-order valence-corrected chi connectivity index (χ3v) is 4.34. The maximum atomic E-state index is 11.8. The molecule has 0 radical (unpaired) electrons. The van der Waals surface area contributed by atoms with Gasteiger partial charge < -0.3 is 4.74 Å². The monoisotopic (exact) mass is 382 g/mol. The highest BCUT2D eigenvalue weighted by Crippen LogP contribution is 2.23. The summed E-state index contributed by atoms with van der Waals surface area (Å²) in [5, 5.41) is 0. The van der Waals surface area contributed by atoms with Crippen LogP contribution in [-0.4, -0.2) is 21.0 Å². The number of benzene rings is 1. The number of rotatable bonds is 6. The molecule has 112 valence electrons. The summed E-state index contributed by atoms with van der Waals surface area (Å²) in [4.78, 5) is 11.7. The van der Waals surface area contributed by atoms with E-state index in [0.29, 0.717) is 17.0 Å². The summed E-state index contributed by atoms with van der Waals surface area (Å²) in [5.41, 5.74) is 0.156. The van der Waals surface area contributed by atoms with Gasteiger partial charge in [-0.3, -0.25) is 0 Å². The Morgan fingerprint density at radius 3 is 2.55 bits per heavy atom. The Bertz CT molecular complexity index is 584. The van der Waals surface area contributed by atoms with E-state index in [4.69, 9.17) is 15.4 Å². The Morgan fingerprint density at radius 1 is 1.35 bits per heavy atom. The van der Waals surface area contributed by atoms with Gasteiger partial charge in [-0.2, -0.15) is 0 Å². The second-order valence-electron chi connectivity index (χ2n) is 4.79. The minimum Gasteiger partial charge on any atom is -0.462 e. The molecule has 0 heterocycles. The maximum Gasteiger partial charge on any atom is 0.338 e. The molecule has 0 bridgehead atoms. The normalized spacial score (nSPS) is 11.7. The Hall–Kier alpha value is -0.590. The van der Waals surface area contributed by atoms with Gasteiger partial charge in [-0.05, 0) is 37.0 Å². The number of hydrogen-bond acceptors (Lipinski definition) is 4. The average molecular weight is 384 g/mol. The first kappa shape index (κ1) is 17.5. The van der Waals surface area contributed by atoms with Crippen molar-refractivity contribution in [3.8, 4) is 0 Å². The number of halogens is 2. The third-order valence-electron chi connectivity index (χ3n) is 2.55. The maximum absolute atomic E-state index is 11.8. The molecule has 0 spiro atoms. The molecule has 4 nitrogen and oxygen atoms in total. The molecule has 0 aliphatic carbocycles. The third kappa shape index (κ3) is 5.81. The van der Waals surface area contributed by atoms with Crippen LogP contribution in [0.3, 0.4) is 0 Å². The predicted octanol–water partition coefficient (Wildman–Crippen LogP) is 3.97. The van der Waals surface area contributed by atoms with Crippen molar-refractivity contribution in [2.75, 3.05) is 6.61 Å². The van der Waals surface area contributed by atoms with Crippen molar-refractivity contribution >= 4 is 41.6 Å². The van der Waals surface area contributed by atoms with Gasteiger partial charge in [-0.1, -0.05) is 29.8 Å². The minimum atomic E-state index is -3.88. The molecule has 0 fully saturated rings. The van der Waals surface area contributed by atoms with Crippen LogP contribution in [0.5, 0.6) is 0 Å². The summed E-state index contributed by atoms with van der Waals surface area (Å²) in [6.45, 7) is 4.49. The van der Waals surface area contributed by atoms with Crippen molar-refractivity contribution in [1.82, 2.24) is 0 Å². The van der Waals surface area contributed by atoms with Crippen LogP contribution >= 0.6 is 26.6 Å². The number of esters is 1. The topological polar surface area (TPSA) is 60.4 Å². The highest BCUT2D eigenvalue weighted by molar-refractivity contribution is 9.10. The molecular weight excluding hydrogens is 368 g/mol. The molecule has 0 aliphatic rings. The largest absolute Gasteiger partial charge is 0.462 e. The van der Waals surface area contributed by atoms with E-state index in [1.165, 1.54) is 18.2 Å². The Kier molecular flexibility index (Phi) is 6.48. The van der Waals surface area contributed by atoms with Crippen molar-refractivity contribution in [3.05, 3.63) is 28.2 Å². The summed E-state index contributed by atoms with van der Waals surface area (Å²) >= 11 is 3.14. The number of carbonyl (C=O) groups is 1. The predicted molar refractivity (Wildman–Crippen MR) is 81.5 cm³/mol. The first-order valence-corrected chi connectivity index (χ1v) is 9.23. The van der Waals surface area contributed by atoms with Crippen LogP contribution in [0.4, 0.5) is 0 Å². The number of hydrogen-bond donors (Lipinski definition) is 0. The van der Waals surface area contributed by atoms with E-state index in [-0.39, 0.29) is 10.5 Å². The molecule has 1 aromatic carbocycles. The summed E-state index contributed by atoms with van der Waals surface area (Å²) < 4.78 is 28.1. The van der Waals surface area contributed by atoms with Gasteiger partial charge in [0.15, 0.2) is 0 Å².